The molecule has 1 aromatic rings. The lowest BCUT2D eigenvalue weighted by Crippen LogP contribution is -2.56. The van der Waals surface area contributed by atoms with Gasteiger partial charge in [0.1, 0.15) is 0 Å². The van der Waals surface area contributed by atoms with Crippen LogP contribution in [0.4, 0.5) is 0 Å². The first-order valence-electron chi connectivity index (χ1n) is 5.40. The molecule has 1 atom stereocenters. The molecule has 15 heavy (non-hydrogen) atoms. The average Bonchev–Trinajstić information content (AvgIpc) is 2.81. The maximum absolute atomic E-state index is 5.84. The summed E-state index contributed by atoms with van der Waals surface area (Å²) < 4.78 is 5.51. The number of hydrogen-bond donors (Lipinski definition) is 2. The molecule has 0 radical (unpaired) electrons. The van der Waals surface area contributed by atoms with Crippen molar-refractivity contribution < 1.29 is 4.74 Å². The second-order valence-corrected chi connectivity index (χ2v) is 5.11. The number of rotatable bonds is 4. The Bertz CT molecular complexity index is 281. The van der Waals surface area contributed by atoms with Crippen molar-refractivity contribution in [3.8, 4) is 0 Å². The molecule has 0 spiro atoms. The molecule has 0 bridgehead atoms. The van der Waals surface area contributed by atoms with E-state index in [0.29, 0.717) is 6.54 Å². The van der Waals surface area contributed by atoms with Crippen molar-refractivity contribution in [2.24, 2.45) is 5.73 Å². The molecule has 1 aromatic heterocycles. The SMILES string of the molecule is NCC1(NCc2cccs2)CCCOC1. The molecule has 1 aliphatic rings. The van der Waals surface area contributed by atoms with E-state index in [9.17, 15) is 0 Å². The quantitative estimate of drug-likeness (QED) is 0.814. The number of thiophene rings is 1. The van der Waals surface area contributed by atoms with Crippen molar-refractivity contribution in [3.63, 3.8) is 0 Å². The van der Waals surface area contributed by atoms with Crippen LogP contribution < -0.4 is 11.1 Å². The van der Waals surface area contributed by atoms with E-state index < -0.39 is 0 Å². The highest BCUT2D eigenvalue weighted by molar-refractivity contribution is 7.09. The van der Waals surface area contributed by atoms with Crippen molar-refractivity contribution in [2.45, 2.75) is 24.9 Å². The summed E-state index contributed by atoms with van der Waals surface area (Å²) in [5.41, 5.74) is 5.84. The van der Waals surface area contributed by atoms with Crippen LogP contribution in [-0.4, -0.2) is 25.3 Å². The van der Waals surface area contributed by atoms with Gasteiger partial charge in [-0.2, -0.15) is 0 Å². The van der Waals surface area contributed by atoms with Gasteiger partial charge in [0.2, 0.25) is 0 Å². The fraction of sp³-hybridized carbons (Fsp3) is 0.636. The van der Waals surface area contributed by atoms with E-state index in [1.54, 1.807) is 11.3 Å². The van der Waals surface area contributed by atoms with Gasteiger partial charge in [-0.25, -0.2) is 0 Å². The van der Waals surface area contributed by atoms with Gasteiger partial charge in [0.15, 0.2) is 0 Å². The summed E-state index contributed by atoms with van der Waals surface area (Å²) in [4.78, 5) is 1.35. The third-order valence-corrected chi connectivity index (χ3v) is 3.81. The van der Waals surface area contributed by atoms with Gasteiger partial charge in [-0.15, -0.1) is 11.3 Å². The summed E-state index contributed by atoms with van der Waals surface area (Å²) in [7, 11) is 0. The number of hydrogen-bond acceptors (Lipinski definition) is 4. The maximum atomic E-state index is 5.84. The monoisotopic (exact) mass is 226 g/mol. The smallest absolute Gasteiger partial charge is 0.0660 e. The molecule has 3 N–H and O–H groups in total. The molecule has 0 saturated carbocycles. The Kier molecular flexibility index (Phi) is 3.75. The molecule has 3 nitrogen and oxygen atoms in total. The van der Waals surface area contributed by atoms with Crippen LogP contribution in [0.1, 0.15) is 17.7 Å². The highest BCUT2D eigenvalue weighted by Crippen LogP contribution is 2.19. The minimum absolute atomic E-state index is 0.00222. The lowest BCUT2D eigenvalue weighted by Gasteiger charge is -2.36. The Hall–Kier alpha value is -0.420. The van der Waals surface area contributed by atoms with Gasteiger partial charge in [-0.05, 0) is 24.3 Å². The fourth-order valence-corrected chi connectivity index (χ4v) is 2.56. The van der Waals surface area contributed by atoms with E-state index in [2.05, 4.69) is 22.8 Å². The van der Waals surface area contributed by atoms with Crippen LogP contribution in [0, 0.1) is 0 Å². The molecule has 0 aliphatic carbocycles. The second kappa shape index (κ2) is 5.07. The Morgan fingerprint density at radius 2 is 2.53 bits per heavy atom. The normalized spacial score (nSPS) is 26.7. The largest absolute Gasteiger partial charge is 0.379 e. The number of ether oxygens (including phenoxy) is 1. The molecular formula is C11H18N2OS. The maximum Gasteiger partial charge on any atom is 0.0660 e. The zero-order chi connectivity index (χ0) is 10.6. The van der Waals surface area contributed by atoms with Crippen LogP contribution in [0.15, 0.2) is 17.5 Å². The Labute approximate surface area is 94.6 Å². The van der Waals surface area contributed by atoms with Crippen molar-refractivity contribution in [1.82, 2.24) is 5.32 Å². The molecule has 84 valence electrons. The van der Waals surface area contributed by atoms with Crippen LogP contribution in [0.25, 0.3) is 0 Å². The molecule has 4 heteroatoms. The van der Waals surface area contributed by atoms with Gasteiger partial charge in [0.05, 0.1) is 12.1 Å². The van der Waals surface area contributed by atoms with Gasteiger partial charge >= 0.3 is 0 Å². The Balaban J connectivity index is 1.89. The zero-order valence-corrected chi connectivity index (χ0v) is 9.69. The first-order chi connectivity index (χ1) is 7.35. The first-order valence-corrected chi connectivity index (χ1v) is 6.28. The van der Waals surface area contributed by atoms with E-state index in [1.165, 1.54) is 4.88 Å². The van der Waals surface area contributed by atoms with Crippen molar-refractivity contribution in [2.75, 3.05) is 19.8 Å². The fourth-order valence-electron chi connectivity index (χ4n) is 1.91. The average molecular weight is 226 g/mol. The van der Waals surface area contributed by atoms with Crippen molar-refractivity contribution in [1.29, 1.82) is 0 Å². The van der Waals surface area contributed by atoms with Crippen LogP contribution in [0.2, 0.25) is 0 Å². The van der Waals surface area contributed by atoms with Gasteiger partial charge < -0.3 is 15.8 Å². The summed E-state index contributed by atoms with van der Waals surface area (Å²) in [5.74, 6) is 0. The minimum Gasteiger partial charge on any atom is -0.379 e. The van der Waals surface area contributed by atoms with E-state index >= 15 is 0 Å². The topological polar surface area (TPSA) is 47.3 Å². The lowest BCUT2D eigenvalue weighted by molar-refractivity contribution is 0.0234. The van der Waals surface area contributed by atoms with Crippen molar-refractivity contribution >= 4 is 11.3 Å². The molecule has 1 fully saturated rings. The minimum atomic E-state index is 0.00222. The first kappa shape index (κ1) is 11.1. The summed E-state index contributed by atoms with van der Waals surface area (Å²) in [5, 5.41) is 5.65. The van der Waals surface area contributed by atoms with E-state index in [4.69, 9.17) is 10.5 Å². The molecule has 0 amide bonds. The Morgan fingerprint density at radius 1 is 1.60 bits per heavy atom. The van der Waals surface area contributed by atoms with Crippen LogP contribution in [-0.2, 0) is 11.3 Å². The van der Waals surface area contributed by atoms with E-state index in [1.807, 2.05) is 0 Å². The summed E-state index contributed by atoms with van der Waals surface area (Å²) >= 11 is 1.78. The van der Waals surface area contributed by atoms with Gasteiger partial charge in [-0.3, -0.25) is 0 Å². The summed E-state index contributed by atoms with van der Waals surface area (Å²) in [6, 6.07) is 4.22. The molecule has 2 rings (SSSR count). The van der Waals surface area contributed by atoms with Crippen LogP contribution in [0.5, 0.6) is 0 Å². The van der Waals surface area contributed by atoms with E-state index in [0.717, 1.165) is 32.6 Å². The summed E-state index contributed by atoms with van der Waals surface area (Å²) in [6.45, 7) is 3.17. The number of nitrogens with two attached hydrogens (primary N) is 1. The highest BCUT2D eigenvalue weighted by atomic mass is 32.1. The third-order valence-electron chi connectivity index (χ3n) is 2.93. The number of nitrogens with one attached hydrogen (secondary N) is 1. The predicted octanol–water partition coefficient (Wildman–Crippen LogP) is 1.35. The molecule has 2 heterocycles. The van der Waals surface area contributed by atoms with Crippen molar-refractivity contribution in [3.05, 3.63) is 22.4 Å². The van der Waals surface area contributed by atoms with Gasteiger partial charge in [0.25, 0.3) is 0 Å². The molecular weight excluding hydrogens is 208 g/mol. The van der Waals surface area contributed by atoms with Crippen LogP contribution >= 0.6 is 11.3 Å². The van der Waals surface area contributed by atoms with Gasteiger partial charge in [0, 0.05) is 24.6 Å². The zero-order valence-electron chi connectivity index (χ0n) is 8.87. The molecule has 1 unspecified atom stereocenters. The molecule has 1 aliphatic heterocycles. The molecule has 0 aromatic carbocycles. The molecule has 1 saturated heterocycles. The highest BCUT2D eigenvalue weighted by Gasteiger charge is 2.30. The van der Waals surface area contributed by atoms with E-state index in [-0.39, 0.29) is 5.54 Å². The van der Waals surface area contributed by atoms with Gasteiger partial charge in [-0.1, -0.05) is 6.07 Å². The Morgan fingerprint density at radius 3 is 3.13 bits per heavy atom. The summed E-state index contributed by atoms with van der Waals surface area (Å²) in [6.07, 6.45) is 2.23. The standard InChI is InChI=1S/C11H18N2OS/c12-8-11(4-2-5-14-9-11)13-7-10-3-1-6-15-10/h1,3,6,13H,2,4-5,7-9,12H2. The lowest BCUT2D eigenvalue weighted by atomic mass is 9.92. The predicted molar refractivity (Wildman–Crippen MR) is 63.0 cm³/mol. The second-order valence-electron chi connectivity index (χ2n) is 4.07. The third kappa shape index (κ3) is 2.78. The van der Waals surface area contributed by atoms with Crippen LogP contribution in [0.3, 0.4) is 0 Å².